The van der Waals surface area contributed by atoms with Gasteiger partial charge < -0.3 is 19.9 Å². The molecule has 2 fully saturated rings. The molecule has 0 aromatic carbocycles. The summed E-state index contributed by atoms with van der Waals surface area (Å²) in [5.41, 5.74) is 5.51. The maximum atomic E-state index is 14.9. The number of likely N-dealkylation sites (tertiary alicyclic amines) is 1. The molecule has 3 aromatic rings. The maximum absolute atomic E-state index is 14.9. The van der Waals surface area contributed by atoms with E-state index < -0.39 is 29.9 Å². The number of nitrogens with zero attached hydrogens (tertiary/aromatic N) is 6. The van der Waals surface area contributed by atoms with Gasteiger partial charge in [-0.15, -0.1) is 0 Å². The number of ether oxygens (including phenoxy) is 1. The molecule has 2 saturated heterocycles. The van der Waals surface area contributed by atoms with Gasteiger partial charge in [-0.2, -0.15) is 13.2 Å². The number of carbonyl (C=O) groups excluding carboxylic acids is 1. The predicted octanol–water partition coefficient (Wildman–Crippen LogP) is 2.57. The van der Waals surface area contributed by atoms with Crippen LogP contribution in [0.4, 0.5) is 23.4 Å². The van der Waals surface area contributed by atoms with Crippen molar-refractivity contribution in [3.8, 4) is 0 Å². The quantitative estimate of drug-likeness (QED) is 0.498. The average molecular weight is 522 g/mol. The zero-order chi connectivity index (χ0) is 26.2. The summed E-state index contributed by atoms with van der Waals surface area (Å²) in [6.07, 6.45) is -0.887. The van der Waals surface area contributed by atoms with E-state index in [1.165, 1.54) is 12.4 Å². The Balaban J connectivity index is 1.37. The van der Waals surface area contributed by atoms with Crippen LogP contribution >= 0.6 is 0 Å². The molecule has 13 heteroatoms. The van der Waals surface area contributed by atoms with Crippen LogP contribution in [-0.2, 0) is 22.3 Å². The molecule has 0 radical (unpaired) electrons. The Hall–Kier alpha value is -3.32. The number of rotatable bonds is 6. The standard InChI is InChI=1S/C24H27F4N7O2/c25-18-11-33(12-21(29)36)5-3-15(18)10-34-6-4-17-22(34)31-14-32-23(17)35-7-8-37-13-20(35)19-2-1-16(9-30-19)24(26,27)28/h1-2,4,6,9,14-15,18,20H,3,5,7-8,10-13H2,(H2,29,36)/t15?,18-,20+/m0/s1. The highest BCUT2D eigenvalue weighted by Crippen LogP contribution is 2.34. The molecule has 3 aromatic heterocycles. The number of anilines is 1. The molecule has 1 amide bonds. The lowest BCUT2D eigenvalue weighted by atomic mass is 9.94. The molecule has 2 aliphatic rings. The Morgan fingerprint density at radius 3 is 2.70 bits per heavy atom. The highest BCUT2D eigenvalue weighted by molar-refractivity contribution is 5.88. The average Bonchev–Trinajstić information content (AvgIpc) is 3.28. The highest BCUT2D eigenvalue weighted by atomic mass is 19.4. The predicted molar refractivity (Wildman–Crippen MR) is 126 cm³/mol. The molecule has 3 atom stereocenters. The van der Waals surface area contributed by atoms with Gasteiger partial charge in [-0.3, -0.25) is 14.7 Å². The molecule has 0 saturated carbocycles. The summed E-state index contributed by atoms with van der Waals surface area (Å²) in [4.78, 5) is 27.9. The van der Waals surface area contributed by atoms with Gasteiger partial charge in [0.25, 0.3) is 0 Å². The number of morpholine rings is 1. The lowest BCUT2D eigenvalue weighted by Gasteiger charge is -2.36. The fraction of sp³-hybridized carbons (Fsp3) is 0.500. The second-order valence-electron chi connectivity index (χ2n) is 9.42. The number of amides is 1. The maximum Gasteiger partial charge on any atom is 0.417 e. The van der Waals surface area contributed by atoms with Crippen molar-refractivity contribution < 1.29 is 27.1 Å². The first kappa shape index (κ1) is 25.3. The van der Waals surface area contributed by atoms with Crippen molar-refractivity contribution >= 4 is 22.8 Å². The van der Waals surface area contributed by atoms with Crippen LogP contribution in [0.1, 0.15) is 23.7 Å². The second-order valence-corrected chi connectivity index (χ2v) is 9.42. The van der Waals surface area contributed by atoms with Gasteiger partial charge in [0.05, 0.1) is 42.4 Å². The number of fused-ring (bicyclic) bond motifs is 1. The number of piperidine rings is 1. The van der Waals surface area contributed by atoms with Crippen LogP contribution in [0.15, 0.2) is 36.9 Å². The molecule has 1 unspecified atom stereocenters. The van der Waals surface area contributed by atoms with Crippen molar-refractivity contribution in [1.82, 2.24) is 24.4 Å². The topological polar surface area (TPSA) is 102 Å². The molecule has 9 nitrogen and oxygen atoms in total. The van der Waals surface area contributed by atoms with Gasteiger partial charge in [-0.25, -0.2) is 14.4 Å². The Morgan fingerprint density at radius 2 is 2.00 bits per heavy atom. The third kappa shape index (κ3) is 5.37. The Bertz CT molecular complexity index is 1250. The number of primary amides is 1. The lowest BCUT2D eigenvalue weighted by molar-refractivity contribution is -0.137. The Kier molecular flexibility index (Phi) is 6.99. The Morgan fingerprint density at radius 1 is 1.16 bits per heavy atom. The first-order valence-electron chi connectivity index (χ1n) is 12.0. The third-order valence-corrected chi connectivity index (χ3v) is 6.96. The van der Waals surface area contributed by atoms with Crippen molar-refractivity contribution in [3.63, 3.8) is 0 Å². The van der Waals surface area contributed by atoms with E-state index in [1.807, 2.05) is 21.7 Å². The van der Waals surface area contributed by atoms with Crippen LogP contribution in [0.3, 0.4) is 0 Å². The van der Waals surface area contributed by atoms with E-state index in [-0.39, 0.29) is 25.6 Å². The van der Waals surface area contributed by atoms with E-state index in [4.69, 9.17) is 10.5 Å². The summed E-state index contributed by atoms with van der Waals surface area (Å²) in [5.74, 6) is -0.100. The highest BCUT2D eigenvalue weighted by Gasteiger charge is 2.34. The van der Waals surface area contributed by atoms with Crippen molar-refractivity contribution in [3.05, 3.63) is 48.2 Å². The van der Waals surface area contributed by atoms with E-state index >= 15 is 0 Å². The van der Waals surface area contributed by atoms with E-state index in [0.29, 0.717) is 49.8 Å². The van der Waals surface area contributed by atoms with Gasteiger partial charge in [0, 0.05) is 37.9 Å². The molecule has 198 valence electrons. The second kappa shape index (κ2) is 10.2. The van der Waals surface area contributed by atoms with Crippen LogP contribution in [0.2, 0.25) is 0 Å². The van der Waals surface area contributed by atoms with Crippen LogP contribution in [0.5, 0.6) is 0 Å². The van der Waals surface area contributed by atoms with Crippen molar-refractivity contribution in [2.45, 2.75) is 31.4 Å². The van der Waals surface area contributed by atoms with E-state index in [2.05, 4.69) is 15.0 Å². The number of alkyl halides is 4. The molecule has 0 aliphatic carbocycles. The molecule has 2 aliphatic heterocycles. The Labute approximate surface area is 210 Å². The largest absolute Gasteiger partial charge is 0.417 e. The van der Waals surface area contributed by atoms with E-state index in [9.17, 15) is 22.4 Å². The van der Waals surface area contributed by atoms with Crippen molar-refractivity contribution in [2.75, 3.05) is 44.3 Å². The van der Waals surface area contributed by atoms with Gasteiger partial charge in [0.15, 0.2) is 0 Å². The van der Waals surface area contributed by atoms with E-state index in [1.54, 1.807) is 4.90 Å². The molecular formula is C24H27F4N7O2. The van der Waals surface area contributed by atoms with Crippen LogP contribution in [-0.4, -0.2) is 75.9 Å². The van der Waals surface area contributed by atoms with Crippen molar-refractivity contribution in [2.24, 2.45) is 11.7 Å². The number of aromatic nitrogens is 4. The van der Waals surface area contributed by atoms with Gasteiger partial charge >= 0.3 is 6.18 Å². The number of hydrogen-bond donors (Lipinski definition) is 1. The number of nitrogens with two attached hydrogens (primary N) is 1. The minimum absolute atomic E-state index is 0.0463. The summed E-state index contributed by atoms with van der Waals surface area (Å²) >= 11 is 0. The molecule has 5 rings (SSSR count). The minimum Gasteiger partial charge on any atom is -0.377 e. The fourth-order valence-corrected chi connectivity index (χ4v) is 5.08. The first-order valence-corrected chi connectivity index (χ1v) is 12.0. The lowest BCUT2D eigenvalue weighted by Crippen LogP contribution is -2.46. The zero-order valence-electron chi connectivity index (χ0n) is 19.9. The van der Waals surface area contributed by atoms with Gasteiger partial charge in [-0.05, 0) is 31.2 Å². The fourth-order valence-electron chi connectivity index (χ4n) is 5.08. The number of pyridine rings is 1. The summed E-state index contributed by atoms with van der Waals surface area (Å²) < 4.78 is 61.4. The SMILES string of the molecule is NC(=O)CN1CCC(Cn2ccc3c(N4CCOC[C@@H]4c4ccc(C(F)(F)F)cn4)ncnc32)[C@@H](F)C1. The molecular weight excluding hydrogens is 494 g/mol. The van der Waals surface area contributed by atoms with Gasteiger partial charge in [0.2, 0.25) is 5.91 Å². The zero-order valence-corrected chi connectivity index (χ0v) is 19.9. The molecule has 0 spiro atoms. The normalized spacial score (nSPS) is 23.5. The molecule has 37 heavy (non-hydrogen) atoms. The molecule has 2 N–H and O–H groups in total. The van der Waals surface area contributed by atoms with Crippen LogP contribution < -0.4 is 10.6 Å². The molecule has 5 heterocycles. The summed E-state index contributed by atoms with van der Waals surface area (Å²) in [5, 5.41) is 0.753. The van der Waals surface area contributed by atoms with Crippen LogP contribution in [0, 0.1) is 5.92 Å². The molecule has 0 bridgehead atoms. The van der Waals surface area contributed by atoms with Crippen LogP contribution in [0.25, 0.3) is 11.0 Å². The minimum atomic E-state index is -4.47. The van der Waals surface area contributed by atoms with Gasteiger partial charge in [-0.1, -0.05) is 0 Å². The smallest absolute Gasteiger partial charge is 0.377 e. The first-order chi connectivity index (χ1) is 17.7. The summed E-state index contributed by atoms with van der Waals surface area (Å²) in [6, 6.07) is 3.82. The van der Waals surface area contributed by atoms with Gasteiger partial charge in [0.1, 0.15) is 24.0 Å². The van der Waals surface area contributed by atoms with Crippen molar-refractivity contribution in [1.29, 1.82) is 0 Å². The summed E-state index contributed by atoms with van der Waals surface area (Å²) in [7, 11) is 0. The number of halogens is 4. The number of hydrogen-bond acceptors (Lipinski definition) is 7. The monoisotopic (exact) mass is 521 g/mol. The van der Waals surface area contributed by atoms with E-state index in [0.717, 1.165) is 17.6 Å². The summed E-state index contributed by atoms with van der Waals surface area (Å²) in [6.45, 7) is 2.35. The third-order valence-electron chi connectivity index (χ3n) is 6.96. The number of carbonyl (C=O) groups is 1.